The summed E-state index contributed by atoms with van der Waals surface area (Å²) in [5.74, 6) is 3.12. The minimum absolute atomic E-state index is 0.571. The van der Waals surface area contributed by atoms with Crippen molar-refractivity contribution in [1.82, 2.24) is 0 Å². The SMILES string of the molecule is COc1ccccc1SCc1cc2c(cc1N)OCCO2. The highest BCUT2D eigenvalue weighted by molar-refractivity contribution is 7.98. The standard InChI is InChI=1S/C16H17NO3S/c1-18-13-4-2-3-5-16(13)21-10-11-8-14-15(9-12(11)17)20-7-6-19-14/h2-5,8-9H,6-7,10,17H2,1H3. The number of hydrogen-bond acceptors (Lipinski definition) is 5. The Balaban J connectivity index is 1.79. The van der Waals surface area contributed by atoms with E-state index in [1.54, 1.807) is 18.9 Å². The van der Waals surface area contributed by atoms with Gasteiger partial charge in [0.1, 0.15) is 19.0 Å². The molecule has 0 spiro atoms. The molecular weight excluding hydrogens is 286 g/mol. The van der Waals surface area contributed by atoms with Crippen LogP contribution in [0, 0.1) is 0 Å². The van der Waals surface area contributed by atoms with Gasteiger partial charge in [-0.05, 0) is 23.8 Å². The van der Waals surface area contributed by atoms with Gasteiger partial charge in [0, 0.05) is 22.4 Å². The molecule has 0 aromatic heterocycles. The van der Waals surface area contributed by atoms with E-state index in [0.29, 0.717) is 13.2 Å². The first-order valence-electron chi connectivity index (χ1n) is 6.72. The van der Waals surface area contributed by atoms with E-state index in [0.717, 1.165) is 39.1 Å². The van der Waals surface area contributed by atoms with E-state index in [2.05, 4.69) is 0 Å². The average molecular weight is 303 g/mol. The molecule has 1 aliphatic rings. The van der Waals surface area contributed by atoms with Gasteiger partial charge in [0.25, 0.3) is 0 Å². The molecule has 0 saturated carbocycles. The van der Waals surface area contributed by atoms with Crippen molar-refractivity contribution in [3.63, 3.8) is 0 Å². The maximum atomic E-state index is 6.10. The number of rotatable bonds is 4. The third-order valence-corrected chi connectivity index (χ3v) is 4.36. The first-order chi connectivity index (χ1) is 10.3. The Morgan fingerprint density at radius 3 is 2.62 bits per heavy atom. The zero-order valence-electron chi connectivity index (χ0n) is 11.8. The maximum Gasteiger partial charge on any atom is 0.163 e. The molecule has 2 aromatic rings. The molecule has 110 valence electrons. The van der Waals surface area contributed by atoms with Crippen molar-refractivity contribution in [3.05, 3.63) is 42.0 Å². The summed E-state index contributed by atoms with van der Waals surface area (Å²) in [6.45, 7) is 1.15. The van der Waals surface area contributed by atoms with E-state index in [1.165, 1.54) is 0 Å². The summed E-state index contributed by atoms with van der Waals surface area (Å²) >= 11 is 1.69. The number of nitrogen functional groups attached to an aromatic ring is 1. The van der Waals surface area contributed by atoms with Crippen LogP contribution in [0.4, 0.5) is 5.69 Å². The topological polar surface area (TPSA) is 53.7 Å². The average Bonchev–Trinajstić information content (AvgIpc) is 2.53. The highest BCUT2D eigenvalue weighted by Crippen LogP contribution is 2.38. The molecule has 3 rings (SSSR count). The molecule has 0 saturated heterocycles. The monoisotopic (exact) mass is 303 g/mol. The quantitative estimate of drug-likeness (QED) is 0.693. The first-order valence-corrected chi connectivity index (χ1v) is 7.70. The van der Waals surface area contributed by atoms with Crippen LogP contribution in [0.15, 0.2) is 41.3 Å². The van der Waals surface area contributed by atoms with Gasteiger partial charge in [-0.2, -0.15) is 0 Å². The number of methoxy groups -OCH3 is 1. The van der Waals surface area contributed by atoms with Gasteiger partial charge in [-0.25, -0.2) is 0 Å². The van der Waals surface area contributed by atoms with E-state index >= 15 is 0 Å². The molecule has 0 unspecified atom stereocenters. The lowest BCUT2D eigenvalue weighted by molar-refractivity contribution is 0.171. The van der Waals surface area contributed by atoms with Crippen molar-refractivity contribution in [1.29, 1.82) is 0 Å². The normalized spacial score (nSPS) is 13.0. The Labute approximate surface area is 128 Å². The van der Waals surface area contributed by atoms with Crippen LogP contribution in [0.5, 0.6) is 17.2 Å². The zero-order valence-corrected chi connectivity index (χ0v) is 12.6. The number of anilines is 1. The van der Waals surface area contributed by atoms with Crippen LogP contribution in [0.2, 0.25) is 0 Å². The number of fused-ring (bicyclic) bond motifs is 1. The molecule has 5 heteroatoms. The van der Waals surface area contributed by atoms with Gasteiger partial charge in [0.15, 0.2) is 11.5 Å². The van der Waals surface area contributed by atoms with E-state index in [1.807, 2.05) is 36.4 Å². The van der Waals surface area contributed by atoms with Crippen molar-refractivity contribution in [2.24, 2.45) is 0 Å². The summed E-state index contributed by atoms with van der Waals surface area (Å²) in [5, 5.41) is 0. The Bertz CT molecular complexity index is 645. The van der Waals surface area contributed by atoms with E-state index in [-0.39, 0.29) is 0 Å². The van der Waals surface area contributed by atoms with E-state index in [4.69, 9.17) is 19.9 Å². The molecule has 1 heterocycles. The predicted molar refractivity (Wildman–Crippen MR) is 84.4 cm³/mol. The molecule has 21 heavy (non-hydrogen) atoms. The molecule has 2 aromatic carbocycles. The van der Waals surface area contributed by atoms with Crippen molar-refractivity contribution in [3.8, 4) is 17.2 Å². The molecule has 0 atom stereocenters. The lowest BCUT2D eigenvalue weighted by atomic mass is 10.2. The molecule has 2 N–H and O–H groups in total. The van der Waals surface area contributed by atoms with Crippen molar-refractivity contribution < 1.29 is 14.2 Å². The molecule has 0 fully saturated rings. The molecule has 1 aliphatic heterocycles. The molecule has 0 radical (unpaired) electrons. The van der Waals surface area contributed by atoms with Gasteiger partial charge in [0.2, 0.25) is 0 Å². The smallest absolute Gasteiger partial charge is 0.163 e. The highest BCUT2D eigenvalue weighted by atomic mass is 32.2. The van der Waals surface area contributed by atoms with Crippen LogP contribution < -0.4 is 19.9 Å². The van der Waals surface area contributed by atoms with Gasteiger partial charge >= 0.3 is 0 Å². The lowest BCUT2D eigenvalue weighted by Crippen LogP contribution is -2.15. The number of para-hydroxylation sites is 1. The van der Waals surface area contributed by atoms with Crippen molar-refractivity contribution in [2.75, 3.05) is 26.1 Å². The second-order valence-corrected chi connectivity index (χ2v) is 5.65. The van der Waals surface area contributed by atoms with E-state index < -0.39 is 0 Å². The summed E-state index contributed by atoms with van der Waals surface area (Å²) < 4.78 is 16.5. The fourth-order valence-electron chi connectivity index (χ4n) is 2.17. The number of benzene rings is 2. The van der Waals surface area contributed by atoms with Gasteiger partial charge < -0.3 is 19.9 Å². The molecule has 4 nitrogen and oxygen atoms in total. The summed E-state index contributed by atoms with van der Waals surface area (Å²) in [6.07, 6.45) is 0. The van der Waals surface area contributed by atoms with Crippen molar-refractivity contribution >= 4 is 17.4 Å². The number of ether oxygens (including phenoxy) is 3. The second kappa shape index (κ2) is 6.18. The van der Waals surface area contributed by atoms with E-state index in [9.17, 15) is 0 Å². The molecule has 0 amide bonds. The summed E-state index contributed by atoms with van der Waals surface area (Å²) in [5.41, 5.74) is 7.86. The van der Waals surface area contributed by atoms with Gasteiger partial charge in [0.05, 0.1) is 7.11 Å². The van der Waals surface area contributed by atoms with Crippen LogP contribution >= 0.6 is 11.8 Å². The Morgan fingerprint density at radius 2 is 1.86 bits per heavy atom. The second-order valence-electron chi connectivity index (χ2n) is 4.63. The molecule has 0 aliphatic carbocycles. The Morgan fingerprint density at radius 1 is 1.14 bits per heavy atom. The highest BCUT2D eigenvalue weighted by Gasteiger charge is 2.15. The number of thioether (sulfide) groups is 1. The lowest BCUT2D eigenvalue weighted by Gasteiger charge is -2.20. The zero-order chi connectivity index (χ0) is 14.7. The minimum atomic E-state index is 0.571. The number of hydrogen-bond donors (Lipinski definition) is 1. The third kappa shape index (κ3) is 3.03. The van der Waals surface area contributed by atoms with Crippen LogP contribution in [-0.2, 0) is 5.75 Å². The Hall–Kier alpha value is -2.01. The largest absolute Gasteiger partial charge is 0.496 e. The van der Waals surface area contributed by atoms with Gasteiger partial charge in [-0.15, -0.1) is 11.8 Å². The molecular formula is C16H17NO3S. The van der Waals surface area contributed by atoms with Crippen molar-refractivity contribution in [2.45, 2.75) is 10.6 Å². The van der Waals surface area contributed by atoms with Crippen LogP contribution in [0.1, 0.15) is 5.56 Å². The van der Waals surface area contributed by atoms with Gasteiger partial charge in [-0.1, -0.05) is 12.1 Å². The summed E-state index contributed by atoms with van der Waals surface area (Å²) in [6, 6.07) is 11.8. The number of nitrogens with two attached hydrogens (primary N) is 1. The molecule has 0 bridgehead atoms. The first kappa shape index (κ1) is 13.9. The summed E-state index contributed by atoms with van der Waals surface area (Å²) in [4.78, 5) is 1.09. The summed E-state index contributed by atoms with van der Waals surface area (Å²) in [7, 11) is 1.68. The van der Waals surface area contributed by atoms with Crippen LogP contribution in [-0.4, -0.2) is 20.3 Å². The maximum absolute atomic E-state index is 6.10. The fraction of sp³-hybridized carbons (Fsp3) is 0.250. The predicted octanol–water partition coefficient (Wildman–Crippen LogP) is 3.34. The third-order valence-electron chi connectivity index (χ3n) is 3.26. The van der Waals surface area contributed by atoms with Crippen LogP contribution in [0.25, 0.3) is 0 Å². The minimum Gasteiger partial charge on any atom is -0.496 e. The fourth-order valence-corrected chi connectivity index (χ4v) is 3.19. The van der Waals surface area contributed by atoms with Crippen LogP contribution in [0.3, 0.4) is 0 Å². The van der Waals surface area contributed by atoms with Gasteiger partial charge in [-0.3, -0.25) is 0 Å². The Kier molecular flexibility index (Phi) is 4.10.